The summed E-state index contributed by atoms with van der Waals surface area (Å²) in [7, 11) is 0. The zero-order valence-corrected chi connectivity index (χ0v) is 11.6. The van der Waals surface area contributed by atoms with Gasteiger partial charge in [-0.05, 0) is 43.3 Å². The quantitative estimate of drug-likeness (QED) is 0.801. The molecule has 0 amide bonds. The Hall–Kier alpha value is -1.28. The maximum absolute atomic E-state index is 3.72. The molecule has 0 aliphatic heterocycles. The third-order valence-corrected chi connectivity index (χ3v) is 4.29. The molecular formula is C17H24N2. The molecule has 1 aromatic carbocycles. The molecule has 1 fully saturated rings. The number of rotatable bonds is 5. The van der Waals surface area contributed by atoms with Crippen LogP contribution in [0.1, 0.15) is 38.5 Å². The summed E-state index contributed by atoms with van der Waals surface area (Å²) in [6, 6.07) is 11.6. The van der Waals surface area contributed by atoms with Crippen molar-refractivity contribution in [1.82, 2.24) is 9.88 Å². The molecule has 0 radical (unpaired) electrons. The van der Waals surface area contributed by atoms with E-state index in [1.807, 2.05) is 0 Å². The van der Waals surface area contributed by atoms with Crippen LogP contribution in [0.25, 0.3) is 10.9 Å². The first-order valence-electron chi connectivity index (χ1n) is 7.71. The van der Waals surface area contributed by atoms with Gasteiger partial charge in [-0.25, -0.2) is 0 Å². The van der Waals surface area contributed by atoms with Crippen LogP contribution >= 0.6 is 0 Å². The van der Waals surface area contributed by atoms with Crippen molar-refractivity contribution >= 4 is 10.9 Å². The van der Waals surface area contributed by atoms with E-state index in [4.69, 9.17) is 0 Å². The van der Waals surface area contributed by atoms with E-state index in [1.165, 1.54) is 49.4 Å². The minimum absolute atomic E-state index is 0.787. The highest BCUT2D eigenvalue weighted by molar-refractivity contribution is 5.79. The smallest absolute Gasteiger partial charge is 0.0480 e. The largest absolute Gasteiger partial charge is 0.347 e. The number of para-hydroxylation sites is 1. The van der Waals surface area contributed by atoms with Crippen LogP contribution < -0.4 is 5.32 Å². The molecule has 1 aliphatic rings. The highest BCUT2D eigenvalue weighted by atomic mass is 15.0. The van der Waals surface area contributed by atoms with Crippen LogP contribution in [0.2, 0.25) is 0 Å². The summed E-state index contributed by atoms with van der Waals surface area (Å²) < 4.78 is 2.37. The lowest BCUT2D eigenvalue weighted by molar-refractivity contribution is 0.369. The number of hydrogen-bond donors (Lipinski definition) is 1. The Kier molecular flexibility index (Phi) is 4.19. The molecule has 2 heteroatoms. The molecular weight excluding hydrogens is 232 g/mol. The minimum Gasteiger partial charge on any atom is -0.347 e. The number of aromatic nitrogens is 1. The maximum Gasteiger partial charge on any atom is 0.0480 e. The summed E-state index contributed by atoms with van der Waals surface area (Å²) in [6.45, 7) is 2.27. The van der Waals surface area contributed by atoms with E-state index in [2.05, 4.69) is 46.4 Å². The van der Waals surface area contributed by atoms with E-state index in [1.54, 1.807) is 0 Å². The highest BCUT2D eigenvalue weighted by Crippen LogP contribution is 2.18. The van der Waals surface area contributed by atoms with Crippen molar-refractivity contribution in [3.05, 3.63) is 36.5 Å². The van der Waals surface area contributed by atoms with Crippen LogP contribution in [0.4, 0.5) is 0 Å². The van der Waals surface area contributed by atoms with Crippen molar-refractivity contribution in [3.8, 4) is 0 Å². The average molecular weight is 256 g/mol. The summed E-state index contributed by atoms with van der Waals surface area (Å²) in [5, 5.41) is 5.07. The topological polar surface area (TPSA) is 17.0 Å². The molecule has 0 atom stereocenters. The molecule has 19 heavy (non-hydrogen) atoms. The summed E-state index contributed by atoms with van der Waals surface area (Å²) in [4.78, 5) is 0. The zero-order chi connectivity index (χ0) is 12.9. The van der Waals surface area contributed by atoms with Crippen LogP contribution in [0.3, 0.4) is 0 Å². The first kappa shape index (κ1) is 12.7. The van der Waals surface area contributed by atoms with Crippen LogP contribution in [0.15, 0.2) is 36.5 Å². The van der Waals surface area contributed by atoms with Crippen molar-refractivity contribution in [2.45, 2.75) is 51.1 Å². The molecule has 0 saturated heterocycles. The fourth-order valence-electron chi connectivity index (χ4n) is 3.20. The molecule has 0 spiro atoms. The van der Waals surface area contributed by atoms with Crippen LogP contribution in [-0.4, -0.2) is 17.2 Å². The van der Waals surface area contributed by atoms with E-state index in [0.717, 1.165) is 19.1 Å². The van der Waals surface area contributed by atoms with Crippen molar-refractivity contribution in [1.29, 1.82) is 0 Å². The van der Waals surface area contributed by atoms with Crippen molar-refractivity contribution in [2.24, 2.45) is 0 Å². The Morgan fingerprint density at radius 1 is 1.05 bits per heavy atom. The van der Waals surface area contributed by atoms with Crippen LogP contribution in [-0.2, 0) is 6.54 Å². The molecule has 102 valence electrons. The second kappa shape index (κ2) is 6.25. The fourth-order valence-corrected chi connectivity index (χ4v) is 3.20. The van der Waals surface area contributed by atoms with E-state index in [9.17, 15) is 0 Å². The van der Waals surface area contributed by atoms with Gasteiger partial charge in [-0.15, -0.1) is 0 Å². The number of hydrogen-bond acceptors (Lipinski definition) is 1. The monoisotopic (exact) mass is 256 g/mol. The minimum atomic E-state index is 0.787. The lowest BCUT2D eigenvalue weighted by Gasteiger charge is -2.22. The molecule has 3 rings (SSSR count). The van der Waals surface area contributed by atoms with Gasteiger partial charge in [0.25, 0.3) is 0 Å². The SMILES string of the molecule is c1ccc2c(c1)ccn2CCCNC1CCCCC1. The second-order valence-electron chi connectivity index (χ2n) is 5.71. The van der Waals surface area contributed by atoms with E-state index < -0.39 is 0 Å². The highest BCUT2D eigenvalue weighted by Gasteiger charge is 2.11. The second-order valence-corrected chi connectivity index (χ2v) is 5.71. The van der Waals surface area contributed by atoms with Crippen molar-refractivity contribution in [2.75, 3.05) is 6.54 Å². The third-order valence-electron chi connectivity index (χ3n) is 4.29. The van der Waals surface area contributed by atoms with Gasteiger partial charge in [0.1, 0.15) is 0 Å². The average Bonchev–Trinajstić information content (AvgIpc) is 2.88. The van der Waals surface area contributed by atoms with Gasteiger partial charge >= 0.3 is 0 Å². The Bertz CT molecular complexity index is 509. The Morgan fingerprint density at radius 3 is 2.79 bits per heavy atom. The normalized spacial score (nSPS) is 17.1. The van der Waals surface area contributed by atoms with Crippen LogP contribution in [0.5, 0.6) is 0 Å². The molecule has 1 N–H and O–H groups in total. The fraction of sp³-hybridized carbons (Fsp3) is 0.529. The van der Waals surface area contributed by atoms with Gasteiger partial charge in [0.05, 0.1) is 0 Å². The molecule has 2 nitrogen and oxygen atoms in total. The maximum atomic E-state index is 3.72. The molecule has 2 aromatic rings. The molecule has 1 aromatic heterocycles. The third kappa shape index (κ3) is 3.19. The predicted molar refractivity (Wildman–Crippen MR) is 81.4 cm³/mol. The van der Waals surface area contributed by atoms with Gasteiger partial charge in [0, 0.05) is 24.3 Å². The van der Waals surface area contributed by atoms with E-state index in [-0.39, 0.29) is 0 Å². The summed E-state index contributed by atoms with van der Waals surface area (Å²) in [5.41, 5.74) is 1.36. The molecule has 0 unspecified atom stereocenters. The summed E-state index contributed by atoms with van der Waals surface area (Å²) in [6.07, 6.45) is 10.5. The van der Waals surface area contributed by atoms with Gasteiger partial charge in [-0.3, -0.25) is 0 Å². The number of nitrogens with zero attached hydrogens (tertiary/aromatic N) is 1. The Morgan fingerprint density at radius 2 is 1.89 bits per heavy atom. The van der Waals surface area contributed by atoms with E-state index in [0.29, 0.717) is 0 Å². The van der Waals surface area contributed by atoms with Gasteiger partial charge in [0.2, 0.25) is 0 Å². The summed E-state index contributed by atoms with van der Waals surface area (Å²) in [5.74, 6) is 0. The number of benzene rings is 1. The van der Waals surface area contributed by atoms with Gasteiger partial charge < -0.3 is 9.88 Å². The molecule has 0 bridgehead atoms. The number of nitrogens with one attached hydrogen (secondary N) is 1. The number of fused-ring (bicyclic) bond motifs is 1. The lowest BCUT2D eigenvalue weighted by Crippen LogP contribution is -2.32. The predicted octanol–water partition coefficient (Wildman–Crippen LogP) is 3.95. The standard InChI is InChI=1S/C17H24N2/c1-2-8-16(9-3-1)18-12-6-13-19-14-11-15-7-4-5-10-17(15)19/h4-5,7,10-11,14,16,18H,1-3,6,8-9,12-13H2. The molecule has 1 aliphatic carbocycles. The van der Waals surface area contributed by atoms with Gasteiger partial charge in [-0.1, -0.05) is 37.5 Å². The Balaban J connectivity index is 1.47. The lowest BCUT2D eigenvalue weighted by atomic mass is 9.95. The van der Waals surface area contributed by atoms with E-state index >= 15 is 0 Å². The zero-order valence-electron chi connectivity index (χ0n) is 11.6. The van der Waals surface area contributed by atoms with Crippen molar-refractivity contribution < 1.29 is 0 Å². The molecule has 1 heterocycles. The van der Waals surface area contributed by atoms with Gasteiger partial charge in [-0.2, -0.15) is 0 Å². The number of aryl methyl sites for hydroxylation is 1. The summed E-state index contributed by atoms with van der Waals surface area (Å²) >= 11 is 0. The van der Waals surface area contributed by atoms with Gasteiger partial charge in [0.15, 0.2) is 0 Å². The van der Waals surface area contributed by atoms with Crippen molar-refractivity contribution in [3.63, 3.8) is 0 Å². The first-order chi connectivity index (χ1) is 9.43. The first-order valence-corrected chi connectivity index (χ1v) is 7.71. The molecule has 1 saturated carbocycles. The van der Waals surface area contributed by atoms with Crippen LogP contribution in [0, 0.1) is 0 Å². The Labute approximate surface area is 115 Å².